The largest absolute Gasteiger partial charge is 0.463 e. The van der Waals surface area contributed by atoms with E-state index in [4.69, 9.17) is 9.47 Å². The second kappa shape index (κ2) is 13.4. The smallest absolute Gasteiger partial charge is 0.347 e. The van der Waals surface area contributed by atoms with Crippen LogP contribution in [0.4, 0.5) is 0 Å². The first-order valence-electron chi connectivity index (χ1n) is 12.3. The molecule has 3 unspecified atom stereocenters. The molecule has 1 N–H and O–H groups in total. The zero-order chi connectivity index (χ0) is 23.0. The lowest BCUT2D eigenvalue weighted by atomic mass is 9.80. The molecule has 3 rings (SSSR count). The monoisotopic (exact) mass is 525 g/mol. The topological polar surface area (TPSA) is 76.1 Å². The predicted octanol–water partition coefficient (Wildman–Crippen LogP) is 4.63. The second-order valence-corrected chi connectivity index (χ2v) is 9.48. The van der Waals surface area contributed by atoms with E-state index in [1.54, 1.807) is 12.1 Å². The number of esters is 2. The summed E-state index contributed by atoms with van der Waals surface area (Å²) in [6, 6.07) is 9.03. The number of carbonyl (C=O) groups is 2. The highest BCUT2D eigenvalue weighted by molar-refractivity contribution is 8.93. The molecule has 7 heteroatoms. The van der Waals surface area contributed by atoms with Gasteiger partial charge in [-0.1, -0.05) is 69.4 Å². The molecule has 1 aliphatic carbocycles. The third-order valence-corrected chi connectivity index (χ3v) is 7.04. The Morgan fingerprint density at radius 2 is 1.82 bits per heavy atom. The number of hydrogen-bond acceptors (Lipinski definition) is 6. The van der Waals surface area contributed by atoms with Gasteiger partial charge in [-0.3, -0.25) is 0 Å². The van der Waals surface area contributed by atoms with Gasteiger partial charge in [-0.15, -0.1) is 17.0 Å². The molecule has 0 amide bonds. The Labute approximate surface area is 208 Å². The normalized spacial score (nSPS) is 21.7. The van der Waals surface area contributed by atoms with E-state index in [0.717, 1.165) is 64.3 Å². The first kappa shape index (κ1) is 27.8. The van der Waals surface area contributed by atoms with E-state index in [9.17, 15) is 14.7 Å². The van der Waals surface area contributed by atoms with Crippen molar-refractivity contribution < 1.29 is 24.2 Å². The number of carbonyl (C=O) groups excluding carboxylic acids is 2. The van der Waals surface area contributed by atoms with E-state index < -0.39 is 23.6 Å². The summed E-state index contributed by atoms with van der Waals surface area (Å²) in [6.07, 6.45) is 7.28. The maximum Gasteiger partial charge on any atom is 0.347 e. The van der Waals surface area contributed by atoms with Crippen molar-refractivity contribution >= 4 is 28.9 Å². The number of halogens is 1. The van der Waals surface area contributed by atoms with Crippen molar-refractivity contribution in [1.29, 1.82) is 0 Å². The van der Waals surface area contributed by atoms with Gasteiger partial charge in [-0.2, -0.15) is 0 Å². The van der Waals surface area contributed by atoms with E-state index >= 15 is 0 Å². The minimum absolute atomic E-state index is 0. The summed E-state index contributed by atoms with van der Waals surface area (Å²) in [7, 11) is 1.99. The van der Waals surface area contributed by atoms with Crippen molar-refractivity contribution in [2.45, 2.75) is 76.4 Å². The zero-order valence-electron chi connectivity index (χ0n) is 20.0. The van der Waals surface area contributed by atoms with E-state index in [-0.39, 0.29) is 28.8 Å². The molecule has 6 nitrogen and oxygen atoms in total. The van der Waals surface area contributed by atoms with Gasteiger partial charge in [0.05, 0.1) is 6.61 Å². The van der Waals surface area contributed by atoms with Crippen molar-refractivity contribution in [1.82, 2.24) is 4.90 Å². The molecule has 0 bridgehead atoms. The number of aliphatic hydroxyl groups is 1. The number of benzene rings is 1. The minimum Gasteiger partial charge on any atom is -0.463 e. The van der Waals surface area contributed by atoms with Crippen molar-refractivity contribution in [3.05, 3.63) is 35.9 Å². The maximum absolute atomic E-state index is 13.5. The molecule has 1 saturated heterocycles. The van der Waals surface area contributed by atoms with E-state index in [1.807, 2.05) is 25.2 Å². The van der Waals surface area contributed by atoms with Crippen LogP contribution in [0.1, 0.15) is 70.3 Å². The molecule has 1 aromatic carbocycles. The maximum atomic E-state index is 13.5. The summed E-state index contributed by atoms with van der Waals surface area (Å²) in [4.78, 5) is 28.6. The number of likely N-dealkylation sites (tertiary alicyclic amines) is 1. The molecule has 2 aliphatic rings. The molecular weight excluding hydrogens is 486 g/mol. The standard InChI is InChI=1S/C26H39NO5.BrH/c1-3-4-5-11-18-31-24(28)23(20-16-17-27(2)19-20)32-25(29)26(30,22-14-9-10-15-22)21-12-7-6-8-13-21;/h6-8,12-13,20,22-23,30H,3-5,9-11,14-19H2,1-2H3;1H. The summed E-state index contributed by atoms with van der Waals surface area (Å²) in [5.74, 6) is -1.56. The first-order chi connectivity index (χ1) is 15.5. The highest BCUT2D eigenvalue weighted by Gasteiger charge is 2.50. The van der Waals surface area contributed by atoms with E-state index in [2.05, 4.69) is 11.8 Å². The Morgan fingerprint density at radius 3 is 2.42 bits per heavy atom. The molecule has 0 radical (unpaired) electrons. The summed E-state index contributed by atoms with van der Waals surface area (Å²) >= 11 is 0. The highest BCUT2D eigenvalue weighted by Crippen LogP contribution is 2.42. The molecule has 1 aliphatic heterocycles. The third kappa shape index (κ3) is 7.03. The van der Waals surface area contributed by atoms with Gasteiger partial charge in [0, 0.05) is 18.4 Å². The van der Waals surface area contributed by atoms with Crippen LogP contribution in [-0.4, -0.2) is 54.8 Å². The zero-order valence-corrected chi connectivity index (χ0v) is 21.8. The van der Waals surface area contributed by atoms with Crippen LogP contribution < -0.4 is 0 Å². The van der Waals surface area contributed by atoms with Gasteiger partial charge >= 0.3 is 11.9 Å². The molecule has 2 fully saturated rings. The predicted molar refractivity (Wildman–Crippen MR) is 133 cm³/mol. The van der Waals surface area contributed by atoms with Crippen molar-refractivity contribution in [3.63, 3.8) is 0 Å². The Morgan fingerprint density at radius 1 is 1.12 bits per heavy atom. The fraction of sp³-hybridized carbons (Fsp3) is 0.692. The Bertz CT molecular complexity index is 739. The summed E-state index contributed by atoms with van der Waals surface area (Å²) in [5.41, 5.74) is -1.21. The number of rotatable bonds is 11. The minimum atomic E-state index is -1.75. The number of unbranched alkanes of at least 4 members (excludes halogenated alkanes) is 3. The lowest BCUT2D eigenvalue weighted by molar-refractivity contribution is -0.190. The van der Waals surface area contributed by atoms with Gasteiger partial charge < -0.3 is 19.5 Å². The average Bonchev–Trinajstić information content (AvgIpc) is 3.49. The molecule has 1 heterocycles. The fourth-order valence-electron chi connectivity index (χ4n) is 5.10. The van der Waals surface area contributed by atoms with Gasteiger partial charge in [0.15, 0.2) is 5.60 Å². The SMILES string of the molecule is Br.CCCCCCOC(=O)C(OC(=O)C(O)(c1ccccc1)C1CCCC1)C1CCN(C)C1. The van der Waals surface area contributed by atoms with Crippen molar-refractivity contribution in [2.75, 3.05) is 26.7 Å². The molecular formula is C26H40BrNO5. The molecule has 1 aromatic rings. The molecule has 0 spiro atoms. The van der Waals surface area contributed by atoms with Crippen LogP contribution in [0.5, 0.6) is 0 Å². The van der Waals surface area contributed by atoms with Crippen LogP contribution >= 0.6 is 17.0 Å². The Balaban J connectivity index is 0.00000385. The Hall–Kier alpha value is -1.44. The van der Waals surface area contributed by atoms with E-state index in [1.165, 1.54) is 0 Å². The van der Waals surface area contributed by atoms with Crippen LogP contribution in [-0.2, 0) is 24.7 Å². The lowest BCUT2D eigenvalue weighted by Crippen LogP contribution is -2.48. The summed E-state index contributed by atoms with van der Waals surface area (Å²) in [6.45, 7) is 3.97. The van der Waals surface area contributed by atoms with E-state index in [0.29, 0.717) is 18.7 Å². The number of hydrogen-bond donors (Lipinski definition) is 1. The highest BCUT2D eigenvalue weighted by atomic mass is 79.9. The number of nitrogens with zero attached hydrogens (tertiary/aromatic N) is 1. The molecule has 186 valence electrons. The average molecular weight is 527 g/mol. The lowest BCUT2D eigenvalue weighted by Gasteiger charge is -2.34. The van der Waals surface area contributed by atoms with Gasteiger partial charge in [-0.05, 0) is 44.8 Å². The second-order valence-electron chi connectivity index (χ2n) is 9.48. The van der Waals surface area contributed by atoms with Gasteiger partial charge in [0.25, 0.3) is 0 Å². The molecule has 3 atom stereocenters. The quantitative estimate of drug-likeness (QED) is 0.335. The van der Waals surface area contributed by atoms with Crippen LogP contribution in [0.15, 0.2) is 30.3 Å². The molecule has 33 heavy (non-hydrogen) atoms. The summed E-state index contributed by atoms with van der Waals surface area (Å²) < 4.78 is 11.4. The molecule has 0 aromatic heterocycles. The van der Waals surface area contributed by atoms with Crippen molar-refractivity contribution in [3.8, 4) is 0 Å². The van der Waals surface area contributed by atoms with Gasteiger partial charge in [-0.25, -0.2) is 9.59 Å². The summed E-state index contributed by atoms with van der Waals surface area (Å²) in [5, 5.41) is 11.7. The van der Waals surface area contributed by atoms with Crippen molar-refractivity contribution in [2.24, 2.45) is 11.8 Å². The van der Waals surface area contributed by atoms with Crippen LogP contribution in [0, 0.1) is 11.8 Å². The third-order valence-electron chi connectivity index (χ3n) is 7.04. The van der Waals surface area contributed by atoms with Crippen LogP contribution in [0.3, 0.4) is 0 Å². The Kier molecular flexibility index (Phi) is 11.3. The first-order valence-corrected chi connectivity index (χ1v) is 12.3. The van der Waals surface area contributed by atoms with Crippen LogP contribution in [0.25, 0.3) is 0 Å². The van der Waals surface area contributed by atoms with Gasteiger partial charge in [0.2, 0.25) is 6.10 Å². The molecule has 1 saturated carbocycles. The van der Waals surface area contributed by atoms with Crippen LogP contribution in [0.2, 0.25) is 0 Å². The number of ether oxygens (including phenoxy) is 2. The van der Waals surface area contributed by atoms with Gasteiger partial charge in [0.1, 0.15) is 0 Å². The fourth-order valence-corrected chi connectivity index (χ4v) is 5.10.